The molecule has 0 aromatic heterocycles. The zero-order valence-corrected chi connectivity index (χ0v) is 11.6. The highest BCUT2D eigenvalue weighted by atomic mass is 32.2. The highest BCUT2D eigenvalue weighted by Crippen LogP contribution is 2.28. The Labute approximate surface area is 109 Å². The van der Waals surface area contributed by atoms with Gasteiger partial charge in [-0.2, -0.15) is 0 Å². The van der Waals surface area contributed by atoms with Crippen LogP contribution in [0.3, 0.4) is 0 Å². The summed E-state index contributed by atoms with van der Waals surface area (Å²) in [7, 11) is -3.13. The molecular formula is C12H23N3O2S. The topological polar surface area (TPSA) is 61.4 Å². The second kappa shape index (κ2) is 5.07. The molecule has 3 aliphatic heterocycles. The van der Waals surface area contributed by atoms with Crippen molar-refractivity contribution in [1.82, 2.24) is 14.9 Å². The monoisotopic (exact) mass is 273 g/mol. The molecule has 5 nitrogen and oxygen atoms in total. The van der Waals surface area contributed by atoms with E-state index in [-0.39, 0.29) is 11.3 Å². The maximum absolute atomic E-state index is 12.3. The molecule has 0 aliphatic carbocycles. The summed E-state index contributed by atoms with van der Waals surface area (Å²) in [5.74, 6) is 0. The zero-order valence-electron chi connectivity index (χ0n) is 10.8. The molecule has 2 N–H and O–H groups in total. The van der Waals surface area contributed by atoms with Gasteiger partial charge in [0.2, 0.25) is 10.0 Å². The van der Waals surface area contributed by atoms with Crippen molar-refractivity contribution in [1.29, 1.82) is 0 Å². The molecule has 0 radical (unpaired) electrons. The van der Waals surface area contributed by atoms with Gasteiger partial charge in [0.05, 0.1) is 5.25 Å². The number of hydrogen-bond donors (Lipinski definition) is 2. The quantitative estimate of drug-likeness (QED) is 0.753. The summed E-state index contributed by atoms with van der Waals surface area (Å²) in [5.41, 5.74) is 0. The normalized spacial score (nSPS) is 37.9. The van der Waals surface area contributed by atoms with Crippen LogP contribution in [0.5, 0.6) is 0 Å². The average molecular weight is 273 g/mol. The fourth-order valence-corrected chi connectivity index (χ4v) is 5.24. The molecular weight excluding hydrogens is 250 g/mol. The highest BCUT2D eigenvalue weighted by molar-refractivity contribution is 7.90. The van der Waals surface area contributed by atoms with E-state index in [0.29, 0.717) is 12.6 Å². The second-order valence-electron chi connectivity index (χ2n) is 5.77. The molecule has 0 saturated carbocycles. The van der Waals surface area contributed by atoms with Crippen molar-refractivity contribution in [3.05, 3.63) is 0 Å². The summed E-state index contributed by atoms with van der Waals surface area (Å²) in [4.78, 5) is 2.46. The van der Waals surface area contributed by atoms with E-state index in [0.717, 1.165) is 38.9 Å². The molecule has 0 amide bonds. The number of fused-ring (bicyclic) bond motifs is 1. The molecule has 3 unspecified atom stereocenters. The standard InChI is InChI=1S/C12H23N3O2S/c16-18(17,10-4-6-13-9-10)14-11-5-8-15-7-2-1-3-12(11)15/h10-14H,1-9H2. The molecule has 3 rings (SSSR count). The van der Waals surface area contributed by atoms with Crippen molar-refractivity contribution >= 4 is 10.0 Å². The first kappa shape index (κ1) is 12.8. The van der Waals surface area contributed by atoms with E-state index in [2.05, 4.69) is 14.9 Å². The van der Waals surface area contributed by atoms with Gasteiger partial charge in [-0.05, 0) is 38.8 Å². The van der Waals surface area contributed by atoms with Gasteiger partial charge in [0, 0.05) is 25.2 Å². The fraction of sp³-hybridized carbons (Fsp3) is 1.00. The number of piperidine rings is 1. The van der Waals surface area contributed by atoms with Gasteiger partial charge in [-0.1, -0.05) is 6.42 Å². The van der Waals surface area contributed by atoms with E-state index < -0.39 is 10.0 Å². The Bertz CT molecular complexity index is 392. The minimum atomic E-state index is -3.13. The van der Waals surface area contributed by atoms with Crippen LogP contribution in [0.2, 0.25) is 0 Å². The lowest BCUT2D eigenvalue weighted by Gasteiger charge is -2.32. The first-order valence-electron chi connectivity index (χ1n) is 7.13. The Morgan fingerprint density at radius 3 is 2.78 bits per heavy atom. The minimum absolute atomic E-state index is 0.149. The van der Waals surface area contributed by atoms with Crippen molar-refractivity contribution in [2.45, 2.75) is 49.4 Å². The second-order valence-corrected chi connectivity index (χ2v) is 7.76. The SMILES string of the molecule is O=S(=O)(NC1CCN2CCCCC12)C1CCNC1. The van der Waals surface area contributed by atoms with E-state index in [1.807, 2.05) is 0 Å². The predicted molar refractivity (Wildman–Crippen MR) is 70.9 cm³/mol. The molecule has 0 bridgehead atoms. The molecule has 3 atom stereocenters. The molecule has 3 aliphatic rings. The Hall–Kier alpha value is -0.170. The molecule has 0 aromatic rings. The summed E-state index contributed by atoms with van der Waals surface area (Å²) >= 11 is 0. The predicted octanol–water partition coefficient (Wildman–Crippen LogP) is -0.105. The van der Waals surface area contributed by atoms with Gasteiger partial charge in [-0.25, -0.2) is 13.1 Å². The zero-order chi connectivity index (χ0) is 12.6. The molecule has 0 aromatic carbocycles. The van der Waals surface area contributed by atoms with Crippen molar-refractivity contribution < 1.29 is 8.42 Å². The van der Waals surface area contributed by atoms with Crippen molar-refractivity contribution in [3.8, 4) is 0 Å². The van der Waals surface area contributed by atoms with E-state index in [9.17, 15) is 8.42 Å². The van der Waals surface area contributed by atoms with Crippen LogP contribution in [-0.4, -0.2) is 56.8 Å². The Morgan fingerprint density at radius 2 is 2.00 bits per heavy atom. The molecule has 3 heterocycles. The highest BCUT2D eigenvalue weighted by Gasteiger charge is 2.39. The molecule has 0 spiro atoms. The van der Waals surface area contributed by atoms with E-state index >= 15 is 0 Å². The van der Waals surface area contributed by atoms with Gasteiger partial charge in [0.25, 0.3) is 0 Å². The maximum Gasteiger partial charge on any atom is 0.216 e. The smallest absolute Gasteiger partial charge is 0.216 e. The van der Waals surface area contributed by atoms with Crippen LogP contribution < -0.4 is 10.0 Å². The van der Waals surface area contributed by atoms with Crippen LogP contribution in [-0.2, 0) is 10.0 Å². The van der Waals surface area contributed by atoms with E-state index in [1.165, 1.54) is 12.8 Å². The van der Waals surface area contributed by atoms with Gasteiger partial charge in [-0.15, -0.1) is 0 Å². The lowest BCUT2D eigenvalue weighted by atomic mass is 10.00. The summed E-state index contributed by atoms with van der Waals surface area (Å²) < 4.78 is 27.6. The van der Waals surface area contributed by atoms with Crippen LogP contribution in [0.25, 0.3) is 0 Å². The molecule has 18 heavy (non-hydrogen) atoms. The van der Waals surface area contributed by atoms with Gasteiger partial charge < -0.3 is 5.32 Å². The largest absolute Gasteiger partial charge is 0.315 e. The van der Waals surface area contributed by atoms with Crippen molar-refractivity contribution in [3.63, 3.8) is 0 Å². The maximum atomic E-state index is 12.3. The lowest BCUT2D eigenvalue weighted by Crippen LogP contribution is -2.49. The van der Waals surface area contributed by atoms with Crippen LogP contribution >= 0.6 is 0 Å². The first-order valence-corrected chi connectivity index (χ1v) is 8.67. The number of hydrogen-bond acceptors (Lipinski definition) is 4. The Kier molecular flexibility index (Phi) is 3.62. The number of sulfonamides is 1. The minimum Gasteiger partial charge on any atom is -0.315 e. The average Bonchev–Trinajstić information content (AvgIpc) is 2.99. The van der Waals surface area contributed by atoms with Crippen LogP contribution in [0.4, 0.5) is 0 Å². The van der Waals surface area contributed by atoms with Crippen molar-refractivity contribution in [2.24, 2.45) is 0 Å². The third kappa shape index (κ3) is 2.43. The lowest BCUT2D eigenvalue weighted by molar-refractivity contribution is 0.186. The van der Waals surface area contributed by atoms with Crippen molar-refractivity contribution in [2.75, 3.05) is 26.2 Å². The summed E-state index contributed by atoms with van der Waals surface area (Å²) in [6.45, 7) is 3.64. The summed E-state index contributed by atoms with van der Waals surface area (Å²) in [6.07, 6.45) is 5.38. The Morgan fingerprint density at radius 1 is 1.11 bits per heavy atom. The Balaban J connectivity index is 1.65. The number of nitrogens with one attached hydrogen (secondary N) is 2. The van der Waals surface area contributed by atoms with E-state index in [1.54, 1.807) is 0 Å². The third-order valence-electron chi connectivity index (χ3n) is 4.63. The summed E-state index contributed by atoms with van der Waals surface area (Å²) in [6, 6.07) is 0.596. The van der Waals surface area contributed by atoms with Crippen LogP contribution in [0.1, 0.15) is 32.1 Å². The van der Waals surface area contributed by atoms with Crippen LogP contribution in [0.15, 0.2) is 0 Å². The number of nitrogens with zero attached hydrogens (tertiary/aromatic N) is 1. The molecule has 3 fully saturated rings. The van der Waals surface area contributed by atoms with Gasteiger partial charge in [-0.3, -0.25) is 4.90 Å². The molecule has 104 valence electrons. The summed E-state index contributed by atoms with van der Waals surface area (Å²) in [5, 5.41) is 2.90. The third-order valence-corrected chi connectivity index (χ3v) is 6.54. The van der Waals surface area contributed by atoms with Gasteiger partial charge >= 0.3 is 0 Å². The molecule has 6 heteroatoms. The van der Waals surface area contributed by atoms with Gasteiger partial charge in [0.15, 0.2) is 0 Å². The van der Waals surface area contributed by atoms with Gasteiger partial charge in [0.1, 0.15) is 0 Å². The first-order chi connectivity index (χ1) is 8.67. The number of rotatable bonds is 3. The van der Waals surface area contributed by atoms with Crippen LogP contribution in [0, 0.1) is 0 Å². The van der Waals surface area contributed by atoms with E-state index in [4.69, 9.17) is 0 Å². The molecule has 3 saturated heterocycles. The fourth-order valence-electron chi connectivity index (χ4n) is 3.59.